The van der Waals surface area contributed by atoms with Crippen LogP contribution in [-0.2, 0) is 4.79 Å². The second-order valence-corrected chi connectivity index (χ2v) is 5.74. The Morgan fingerprint density at radius 1 is 1.05 bits per heavy atom. The Kier molecular flexibility index (Phi) is 3.68. The number of benzene rings is 2. The van der Waals surface area contributed by atoms with Crippen LogP contribution in [0.4, 0.5) is 5.69 Å². The maximum atomic E-state index is 12.2. The largest absolute Gasteiger partial charge is 0.324 e. The maximum absolute atomic E-state index is 12.2. The molecule has 2 unspecified atom stereocenters. The summed E-state index contributed by atoms with van der Waals surface area (Å²) < 4.78 is 0. The van der Waals surface area contributed by atoms with E-state index in [1.54, 1.807) is 18.2 Å². The molecule has 0 radical (unpaired) electrons. The van der Waals surface area contributed by atoms with Gasteiger partial charge in [0, 0.05) is 5.92 Å². The third kappa shape index (κ3) is 2.67. The number of amides is 1. The average Bonchev–Trinajstić information content (AvgIpc) is 3.25. The molecule has 1 N–H and O–H groups in total. The van der Waals surface area contributed by atoms with Gasteiger partial charge in [0.15, 0.2) is 0 Å². The molecule has 1 amide bonds. The number of rotatable bonds is 3. The molecule has 0 aromatic heterocycles. The van der Waals surface area contributed by atoms with Gasteiger partial charge in [-0.2, -0.15) is 0 Å². The van der Waals surface area contributed by atoms with Gasteiger partial charge in [0.05, 0.1) is 15.7 Å². The van der Waals surface area contributed by atoms with Crippen molar-refractivity contribution in [3.05, 3.63) is 64.1 Å². The number of hydrogen-bond acceptors (Lipinski definition) is 1. The predicted octanol–water partition coefficient (Wildman–Crippen LogP) is 4.74. The van der Waals surface area contributed by atoms with Crippen LogP contribution in [-0.4, -0.2) is 5.91 Å². The fourth-order valence-corrected chi connectivity index (χ4v) is 2.73. The molecule has 2 atom stereocenters. The number of carbonyl (C=O) groups excluding carboxylic acids is 1. The molecule has 0 bridgehead atoms. The van der Waals surface area contributed by atoms with Gasteiger partial charge in [-0.3, -0.25) is 4.79 Å². The topological polar surface area (TPSA) is 29.1 Å². The predicted molar refractivity (Wildman–Crippen MR) is 82.4 cm³/mol. The highest BCUT2D eigenvalue weighted by Crippen LogP contribution is 2.48. The molecule has 0 aliphatic heterocycles. The van der Waals surface area contributed by atoms with E-state index in [1.807, 2.05) is 18.2 Å². The normalized spacial score (nSPS) is 20.5. The van der Waals surface area contributed by atoms with Crippen LogP contribution in [0.15, 0.2) is 48.5 Å². The molecule has 0 saturated heterocycles. The van der Waals surface area contributed by atoms with Crippen molar-refractivity contribution < 1.29 is 4.79 Å². The first-order valence-corrected chi connectivity index (χ1v) is 7.22. The zero-order chi connectivity index (χ0) is 14.1. The molecule has 0 heterocycles. The lowest BCUT2D eigenvalue weighted by Gasteiger charge is -2.08. The monoisotopic (exact) mass is 305 g/mol. The van der Waals surface area contributed by atoms with Crippen molar-refractivity contribution in [3.8, 4) is 0 Å². The van der Waals surface area contributed by atoms with Gasteiger partial charge in [-0.15, -0.1) is 0 Å². The lowest BCUT2D eigenvalue weighted by Crippen LogP contribution is -2.14. The van der Waals surface area contributed by atoms with Crippen molar-refractivity contribution in [2.45, 2.75) is 12.3 Å². The molecule has 20 heavy (non-hydrogen) atoms. The van der Waals surface area contributed by atoms with E-state index in [1.165, 1.54) is 5.56 Å². The quantitative estimate of drug-likeness (QED) is 0.872. The van der Waals surface area contributed by atoms with E-state index in [2.05, 4.69) is 17.4 Å². The number of hydrogen-bond donors (Lipinski definition) is 1. The summed E-state index contributed by atoms with van der Waals surface area (Å²) in [6, 6.07) is 15.3. The van der Waals surface area contributed by atoms with Crippen molar-refractivity contribution >= 4 is 34.8 Å². The summed E-state index contributed by atoms with van der Waals surface area (Å²) in [7, 11) is 0. The average molecular weight is 306 g/mol. The lowest BCUT2D eigenvalue weighted by molar-refractivity contribution is -0.117. The van der Waals surface area contributed by atoms with Gasteiger partial charge in [0.2, 0.25) is 5.91 Å². The van der Waals surface area contributed by atoms with Crippen molar-refractivity contribution in [2.75, 3.05) is 5.32 Å². The summed E-state index contributed by atoms with van der Waals surface area (Å²) in [6.07, 6.45) is 0.883. The van der Waals surface area contributed by atoms with E-state index >= 15 is 0 Å². The highest BCUT2D eigenvalue weighted by atomic mass is 35.5. The Morgan fingerprint density at radius 3 is 2.55 bits per heavy atom. The van der Waals surface area contributed by atoms with Crippen LogP contribution in [0.3, 0.4) is 0 Å². The Bertz CT molecular complexity index is 642. The summed E-state index contributed by atoms with van der Waals surface area (Å²) in [5, 5.41) is 3.69. The zero-order valence-corrected chi connectivity index (χ0v) is 12.2. The van der Waals surface area contributed by atoms with Crippen molar-refractivity contribution in [2.24, 2.45) is 5.92 Å². The first kappa shape index (κ1) is 13.5. The summed E-state index contributed by atoms with van der Waals surface area (Å²) in [4.78, 5) is 12.2. The lowest BCUT2D eigenvalue weighted by atomic mass is 10.1. The third-order valence-electron chi connectivity index (χ3n) is 3.56. The number of anilines is 1. The fraction of sp³-hybridized carbons (Fsp3) is 0.188. The minimum Gasteiger partial charge on any atom is -0.324 e. The van der Waals surface area contributed by atoms with Gasteiger partial charge < -0.3 is 5.32 Å². The summed E-state index contributed by atoms with van der Waals surface area (Å²) in [5.74, 6) is 0.338. The van der Waals surface area contributed by atoms with Gasteiger partial charge in [-0.05, 0) is 30.0 Å². The Morgan fingerprint density at radius 2 is 1.80 bits per heavy atom. The molecule has 2 nitrogen and oxygen atoms in total. The standard InChI is InChI=1S/C16H13Cl2NO/c17-13-7-4-8-14(15(13)18)19-16(20)12-9-11(12)10-5-2-1-3-6-10/h1-8,11-12H,9H2,(H,19,20). The molecule has 1 fully saturated rings. The molecule has 4 heteroatoms. The second-order valence-electron chi connectivity index (χ2n) is 4.95. The number of nitrogens with one attached hydrogen (secondary N) is 1. The van der Waals surface area contributed by atoms with Gasteiger partial charge in [0.1, 0.15) is 0 Å². The van der Waals surface area contributed by atoms with Crippen molar-refractivity contribution in [3.63, 3.8) is 0 Å². The summed E-state index contributed by atoms with van der Waals surface area (Å²) in [6.45, 7) is 0. The first-order chi connectivity index (χ1) is 9.66. The van der Waals surface area contributed by atoms with Crippen LogP contribution in [0.25, 0.3) is 0 Å². The Hall–Kier alpha value is -1.51. The molecule has 1 aliphatic carbocycles. The van der Waals surface area contributed by atoms with E-state index < -0.39 is 0 Å². The zero-order valence-electron chi connectivity index (χ0n) is 10.6. The third-order valence-corrected chi connectivity index (χ3v) is 4.38. The molecule has 0 spiro atoms. The molecule has 1 saturated carbocycles. The second kappa shape index (κ2) is 5.47. The minimum absolute atomic E-state index is 0.00280. The van der Waals surface area contributed by atoms with Gasteiger partial charge >= 0.3 is 0 Å². The molecule has 102 valence electrons. The Labute approximate surface area is 127 Å². The fourth-order valence-electron chi connectivity index (χ4n) is 2.38. The molecular weight excluding hydrogens is 293 g/mol. The molecule has 2 aromatic rings. The number of halogens is 2. The van der Waals surface area contributed by atoms with E-state index in [9.17, 15) is 4.79 Å². The van der Waals surface area contributed by atoms with Crippen LogP contribution in [0.1, 0.15) is 17.9 Å². The van der Waals surface area contributed by atoms with Crippen molar-refractivity contribution in [1.82, 2.24) is 0 Å². The molecule has 1 aliphatic rings. The van der Waals surface area contributed by atoms with E-state index in [-0.39, 0.29) is 11.8 Å². The highest BCUT2D eigenvalue weighted by molar-refractivity contribution is 6.44. The van der Waals surface area contributed by atoms with Crippen LogP contribution in [0.2, 0.25) is 10.0 Å². The van der Waals surface area contributed by atoms with Gasteiger partial charge in [-0.1, -0.05) is 59.6 Å². The van der Waals surface area contributed by atoms with Crippen molar-refractivity contribution in [1.29, 1.82) is 0 Å². The summed E-state index contributed by atoms with van der Waals surface area (Å²) in [5.41, 5.74) is 1.78. The maximum Gasteiger partial charge on any atom is 0.228 e. The van der Waals surface area contributed by atoms with Gasteiger partial charge in [0.25, 0.3) is 0 Å². The van der Waals surface area contributed by atoms with Crippen LogP contribution < -0.4 is 5.32 Å². The molecule has 2 aromatic carbocycles. The van der Waals surface area contributed by atoms with Crippen LogP contribution in [0.5, 0.6) is 0 Å². The number of carbonyl (C=O) groups is 1. The highest BCUT2D eigenvalue weighted by Gasteiger charge is 2.43. The van der Waals surface area contributed by atoms with Gasteiger partial charge in [-0.25, -0.2) is 0 Å². The van der Waals surface area contributed by atoms with Crippen LogP contribution in [0, 0.1) is 5.92 Å². The van der Waals surface area contributed by atoms with E-state index in [4.69, 9.17) is 23.2 Å². The Balaban J connectivity index is 1.69. The van der Waals surface area contributed by atoms with Crippen LogP contribution >= 0.6 is 23.2 Å². The first-order valence-electron chi connectivity index (χ1n) is 6.46. The molecule has 3 rings (SSSR count). The smallest absolute Gasteiger partial charge is 0.228 e. The molecular formula is C16H13Cl2NO. The summed E-state index contributed by atoms with van der Waals surface area (Å²) >= 11 is 12.0. The van der Waals surface area contributed by atoms with E-state index in [0.29, 0.717) is 21.7 Å². The van der Waals surface area contributed by atoms with E-state index in [0.717, 1.165) is 6.42 Å². The minimum atomic E-state index is 0.00280. The SMILES string of the molecule is O=C(Nc1cccc(Cl)c1Cl)C1CC1c1ccccc1.